The molecular weight excluding hydrogens is 146 g/mol. The molecule has 1 aromatic heterocycles. The van der Waals surface area contributed by atoms with Crippen LogP contribution in [0.25, 0.3) is 0 Å². The van der Waals surface area contributed by atoms with Gasteiger partial charge < -0.3 is 16.6 Å². The first-order valence-corrected chi connectivity index (χ1v) is 2.86. The molecule has 0 aliphatic heterocycles. The Balaban J connectivity index is 3.19. The molecular formula is C6H7N3O2. The number of carbonyl (C=O) groups is 1. The summed E-state index contributed by atoms with van der Waals surface area (Å²) >= 11 is 0. The quantitative estimate of drug-likeness (QED) is 0.524. The molecule has 1 aromatic rings. The zero-order chi connectivity index (χ0) is 8.43. The Kier molecular flexibility index (Phi) is 1.63. The van der Waals surface area contributed by atoms with Crippen molar-refractivity contribution >= 4 is 17.5 Å². The third-order valence-electron chi connectivity index (χ3n) is 1.09. The minimum atomic E-state index is -1.14. The third-order valence-corrected chi connectivity index (χ3v) is 1.09. The number of nitrogens with two attached hydrogens (primary N) is 2. The Morgan fingerprint density at radius 1 is 1.45 bits per heavy atom. The van der Waals surface area contributed by atoms with Crippen LogP contribution in [-0.2, 0) is 0 Å². The van der Waals surface area contributed by atoms with E-state index in [0.717, 1.165) is 0 Å². The van der Waals surface area contributed by atoms with Crippen molar-refractivity contribution in [3.8, 4) is 0 Å². The maximum absolute atomic E-state index is 10.3. The van der Waals surface area contributed by atoms with Crippen molar-refractivity contribution in [2.24, 2.45) is 0 Å². The van der Waals surface area contributed by atoms with Crippen molar-refractivity contribution in [2.75, 3.05) is 11.5 Å². The number of carboxylic acids is 1. The van der Waals surface area contributed by atoms with Crippen molar-refractivity contribution in [3.05, 3.63) is 17.8 Å². The van der Waals surface area contributed by atoms with Crippen molar-refractivity contribution in [1.82, 2.24) is 4.98 Å². The molecule has 0 aromatic carbocycles. The first-order valence-electron chi connectivity index (χ1n) is 2.86. The number of aromatic carboxylic acids is 1. The van der Waals surface area contributed by atoms with Crippen LogP contribution in [0.5, 0.6) is 0 Å². The molecule has 0 saturated carbocycles. The Labute approximate surface area is 62.7 Å². The van der Waals surface area contributed by atoms with Gasteiger partial charge in [0.1, 0.15) is 5.82 Å². The summed E-state index contributed by atoms with van der Waals surface area (Å²) in [7, 11) is 0. The predicted molar refractivity (Wildman–Crippen MR) is 40.0 cm³/mol. The number of aromatic nitrogens is 1. The average molecular weight is 153 g/mol. The van der Waals surface area contributed by atoms with Crippen LogP contribution in [0.4, 0.5) is 11.5 Å². The monoisotopic (exact) mass is 153 g/mol. The van der Waals surface area contributed by atoms with Gasteiger partial charge >= 0.3 is 5.97 Å². The van der Waals surface area contributed by atoms with E-state index in [1.165, 1.54) is 12.1 Å². The standard InChI is InChI=1S/C6H7N3O2/c7-3-1-4(6(10)11)9-5(8)2-3/h1-2H,(H,10,11)(H4,7,8,9). The predicted octanol–water partition coefficient (Wildman–Crippen LogP) is -0.0558. The Morgan fingerprint density at radius 2 is 2.09 bits per heavy atom. The molecule has 0 bridgehead atoms. The van der Waals surface area contributed by atoms with Gasteiger partial charge in [-0.05, 0) is 6.07 Å². The lowest BCUT2D eigenvalue weighted by atomic mass is 10.3. The van der Waals surface area contributed by atoms with E-state index in [0.29, 0.717) is 5.69 Å². The van der Waals surface area contributed by atoms with Gasteiger partial charge in [-0.25, -0.2) is 9.78 Å². The second kappa shape index (κ2) is 2.45. The fourth-order valence-electron chi connectivity index (χ4n) is 0.683. The molecule has 1 heterocycles. The van der Waals surface area contributed by atoms with Crippen molar-refractivity contribution in [2.45, 2.75) is 0 Å². The highest BCUT2D eigenvalue weighted by molar-refractivity contribution is 5.87. The normalized spacial score (nSPS) is 9.45. The summed E-state index contributed by atoms with van der Waals surface area (Å²) in [5.41, 5.74) is 10.7. The minimum Gasteiger partial charge on any atom is -0.477 e. The highest BCUT2D eigenvalue weighted by Gasteiger charge is 2.05. The number of nitrogens with zero attached hydrogens (tertiary/aromatic N) is 1. The molecule has 0 aliphatic rings. The van der Waals surface area contributed by atoms with E-state index in [1.807, 2.05) is 0 Å². The average Bonchev–Trinajstić information content (AvgIpc) is 1.85. The van der Waals surface area contributed by atoms with Gasteiger partial charge in [0.2, 0.25) is 0 Å². The first kappa shape index (κ1) is 7.33. The number of rotatable bonds is 1. The van der Waals surface area contributed by atoms with Crippen LogP contribution in [0.3, 0.4) is 0 Å². The van der Waals surface area contributed by atoms with Gasteiger partial charge in [-0.3, -0.25) is 0 Å². The van der Waals surface area contributed by atoms with Crippen LogP contribution in [-0.4, -0.2) is 16.1 Å². The molecule has 0 aliphatic carbocycles. The van der Waals surface area contributed by atoms with Crippen LogP contribution in [0.15, 0.2) is 12.1 Å². The van der Waals surface area contributed by atoms with E-state index in [9.17, 15) is 4.79 Å². The first-order chi connectivity index (χ1) is 5.09. The van der Waals surface area contributed by atoms with Gasteiger partial charge in [-0.2, -0.15) is 0 Å². The van der Waals surface area contributed by atoms with Gasteiger partial charge in [0.15, 0.2) is 5.69 Å². The summed E-state index contributed by atoms with van der Waals surface area (Å²) in [6.45, 7) is 0. The van der Waals surface area contributed by atoms with E-state index in [2.05, 4.69) is 4.98 Å². The molecule has 0 fully saturated rings. The fraction of sp³-hybridized carbons (Fsp3) is 0. The summed E-state index contributed by atoms with van der Waals surface area (Å²) in [5.74, 6) is -1.02. The minimum absolute atomic E-state index is 0.113. The van der Waals surface area contributed by atoms with E-state index in [4.69, 9.17) is 16.6 Å². The van der Waals surface area contributed by atoms with Crippen molar-refractivity contribution < 1.29 is 9.90 Å². The van der Waals surface area contributed by atoms with Crippen LogP contribution >= 0.6 is 0 Å². The summed E-state index contributed by atoms with van der Waals surface area (Å²) in [6, 6.07) is 2.64. The number of carboxylic acid groups (broad SMARTS) is 1. The maximum atomic E-state index is 10.3. The molecule has 5 nitrogen and oxygen atoms in total. The zero-order valence-electron chi connectivity index (χ0n) is 5.61. The molecule has 0 saturated heterocycles. The van der Waals surface area contributed by atoms with Crippen LogP contribution < -0.4 is 11.5 Å². The Hall–Kier alpha value is -1.78. The van der Waals surface area contributed by atoms with Crippen LogP contribution in [0.1, 0.15) is 10.5 Å². The van der Waals surface area contributed by atoms with E-state index < -0.39 is 5.97 Å². The third kappa shape index (κ3) is 1.57. The van der Waals surface area contributed by atoms with Crippen molar-refractivity contribution in [3.63, 3.8) is 0 Å². The zero-order valence-corrected chi connectivity index (χ0v) is 5.61. The molecule has 5 N–H and O–H groups in total. The molecule has 58 valence electrons. The lowest BCUT2D eigenvalue weighted by Crippen LogP contribution is -2.04. The largest absolute Gasteiger partial charge is 0.477 e. The Bertz CT molecular complexity index is 278. The smallest absolute Gasteiger partial charge is 0.354 e. The summed E-state index contributed by atoms with van der Waals surface area (Å²) in [5, 5.41) is 8.46. The molecule has 11 heavy (non-hydrogen) atoms. The lowest BCUT2D eigenvalue weighted by molar-refractivity contribution is 0.0690. The Morgan fingerprint density at radius 3 is 2.55 bits per heavy atom. The number of pyridine rings is 1. The van der Waals surface area contributed by atoms with Gasteiger partial charge in [-0.15, -0.1) is 0 Å². The van der Waals surface area contributed by atoms with Gasteiger partial charge in [0.05, 0.1) is 0 Å². The topological polar surface area (TPSA) is 102 Å². The summed E-state index contributed by atoms with van der Waals surface area (Å²) in [4.78, 5) is 13.9. The highest BCUT2D eigenvalue weighted by atomic mass is 16.4. The van der Waals surface area contributed by atoms with Gasteiger partial charge in [0.25, 0.3) is 0 Å². The second-order valence-electron chi connectivity index (χ2n) is 2.02. The van der Waals surface area contributed by atoms with E-state index >= 15 is 0 Å². The number of hydrogen-bond acceptors (Lipinski definition) is 4. The van der Waals surface area contributed by atoms with E-state index in [1.54, 1.807) is 0 Å². The van der Waals surface area contributed by atoms with E-state index in [-0.39, 0.29) is 11.5 Å². The SMILES string of the molecule is Nc1cc(N)nc(C(=O)O)c1. The number of anilines is 2. The maximum Gasteiger partial charge on any atom is 0.354 e. The molecule has 0 amide bonds. The second-order valence-corrected chi connectivity index (χ2v) is 2.02. The molecule has 0 radical (unpaired) electrons. The molecule has 0 unspecified atom stereocenters. The van der Waals surface area contributed by atoms with Gasteiger partial charge in [0, 0.05) is 11.8 Å². The summed E-state index contributed by atoms with van der Waals surface area (Å²) in [6.07, 6.45) is 0. The van der Waals surface area contributed by atoms with Crippen molar-refractivity contribution in [1.29, 1.82) is 0 Å². The highest BCUT2D eigenvalue weighted by Crippen LogP contribution is 2.08. The molecule has 0 atom stereocenters. The lowest BCUT2D eigenvalue weighted by Gasteiger charge is -1.97. The number of hydrogen-bond donors (Lipinski definition) is 3. The summed E-state index contributed by atoms with van der Waals surface area (Å²) < 4.78 is 0. The molecule has 1 rings (SSSR count). The fourth-order valence-corrected chi connectivity index (χ4v) is 0.683. The molecule has 5 heteroatoms. The number of nitrogen functional groups attached to an aromatic ring is 2. The van der Waals surface area contributed by atoms with Crippen LogP contribution in [0.2, 0.25) is 0 Å². The van der Waals surface area contributed by atoms with Crippen LogP contribution in [0, 0.1) is 0 Å². The van der Waals surface area contributed by atoms with Gasteiger partial charge in [-0.1, -0.05) is 0 Å². The molecule has 0 spiro atoms.